The molecule has 2 aromatic heterocycles. The predicted molar refractivity (Wildman–Crippen MR) is 56.8 cm³/mol. The van der Waals surface area contributed by atoms with Crippen molar-refractivity contribution in [2.75, 3.05) is 0 Å². The molecule has 3 aromatic rings. The van der Waals surface area contributed by atoms with Crippen molar-refractivity contribution in [3.8, 4) is 0 Å². The summed E-state index contributed by atoms with van der Waals surface area (Å²) in [5, 5.41) is 1.66. The van der Waals surface area contributed by atoms with Crippen molar-refractivity contribution < 1.29 is 0 Å². The molecule has 0 atom stereocenters. The summed E-state index contributed by atoms with van der Waals surface area (Å²) < 4.78 is 8.64. The van der Waals surface area contributed by atoms with Crippen LogP contribution in [0.3, 0.4) is 0 Å². The molecule has 68 valence electrons. The molecule has 0 bridgehead atoms. The molecule has 3 nitrogen and oxygen atoms in total. The molecule has 0 fully saturated rings. The Morgan fingerprint density at radius 3 is 2.93 bits per heavy atom. The Morgan fingerprint density at radius 1 is 1.07 bits per heavy atom. The van der Waals surface area contributed by atoms with E-state index in [0.29, 0.717) is 5.02 Å². The van der Waals surface area contributed by atoms with E-state index in [1.54, 1.807) is 12.3 Å². The molecule has 0 aliphatic heterocycles. The molecular formula is C9H4ClN3Se. The normalized spacial score (nSPS) is 11.2. The number of halogens is 1. The van der Waals surface area contributed by atoms with E-state index in [1.165, 1.54) is 0 Å². The molecule has 1 aromatic carbocycles. The third-order valence-corrected chi connectivity index (χ3v) is 3.55. The summed E-state index contributed by atoms with van der Waals surface area (Å²) in [5.74, 6) is 0. The van der Waals surface area contributed by atoms with E-state index in [-0.39, 0.29) is 15.0 Å². The van der Waals surface area contributed by atoms with Crippen LogP contribution in [0.2, 0.25) is 5.02 Å². The fourth-order valence-corrected chi connectivity index (χ4v) is 2.77. The fraction of sp³-hybridized carbons (Fsp3) is 0. The van der Waals surface area contributed by atoms with Crippen LogP contribution in [-0.4, -0.2) is 27.9 Å². The van der Waals surface area contributed by atoms with Gasteiger partial charge >= 0.3 is 90.9 Å². The molecule has 0 N–H and O–H groups in total. The Hall–Kier alpha value is -0.961. The zero-order valence-electron chi connectivity index (χ0n) is 6.94. The predicted octanol–water partition coefficient (Wildman–Crippen LogP) is 1.89. The van der Waals surface area contributed by atoms with E-state index in [1.807, 2.05) is 12.1 Å². The fourth-order valence-electron chi connectivity index (χ4n) is 1.43. The monoisotopic (exact) mass is 269 g/mol. The van der Waals surface area contributed by atoms with Crippen LogP contribution in [0.4, 0.5) is 0 Å². The first kappa shape index (κ1) is 8.36. The zero-order valence-corrected chi connectivity index (χ0v) is 9.41. The molecule has 5 heteroatoms. The van der Waals surface area contributed by atoms with Crippen LogP contribution in [0.25, 0.3) is 21.9 Å². The molecule has 0 unspecified atom stereocenters. The number of benzene rings is 1. The van der Waals surface area contributed by atoms with Gasteiger partial charge in [-0.05, 0) is 0 Å². The quantitative estimate of drug-likeness (QED) is 0.585. The van der Waals surface area contributed by atoms with Gasteiger partial charge in [-0.2, -0.15) is 0 Å². The van der Waals surface area contributed by atoms with E-state index < -0.39 is 0 Å². The summed E-state index contributed by atoms with van der Waals surface area (Å²) in [6.07, 6.45) is 1.70. The number of fused-ring (bicyclic) bond motifs is 3. The molecule has 0 spiro atoms. The average molecular weight is 269 g/mol. The summed E-state index contributed by atoms with van der Waals surface area (Å²) in [6.45, 7) is 0. The van der Waals surface area contributed by atoms with Gasteiger partial charge in [-0.25, -0.2) is 0 Å². The van der Waals surface area contributed by atoms with Crippen molar-refractivity contribution in [2.45, 2.75) is 0 Å². The Morgan fingerprint density at radius 2 is 2.00 bits per heavy atom. The van der Waals surface area contributed by atoms with Crippen LogP contribution in [-0.2, 0) is 0 Å². The Bertz CT molecular complexity index is 620. The second kappa shape index (κ2) is 3.02. The molecule has 0 saturated heterocycles. The molecule has 0 radical (unpaired) electrons. The van der Waals surface area contributed by atoms with E-state index in [4.69, 9.17) is 11.6 Å². The van der Waals surface area contributed by atoms with Crippen LogP contribution in [0.15, 0.2) is 24.4 Å². The summed E-state index contributed by atoms with van der Waals surface area (Å²) in [7, 11) is 0. The van der Waals surface area contributed by atoms with Crippen molar-refractivity contribution in [2.24, 2.45) is 0 Å². The molecule has 3 rings (SSSR count). The topological polar surface area (TPSA) is 38.7 Å². The van der Waals surface area contributed by atoms with Gasteiger partial charge in [-0.3, -0.25) is 0 Å². The minimum atomic E-state index is -0.0133. The maximum absolute atomic E-state index is 6.05. The van der Waals surface area contributed by atoms with E-state index >= 15 is 0 Å². The Kier molecular flexibility index (Phi) is 1.80. The van der Waals surface area contributed by atoms with Gasteiger partial charge in [-0.1, -0.05) is 0 Å². The van der Waals surface area contributed by atoms with Crippen LogP contribution in [0.1, 0.15) is 0 Å². The van der Waals surface area contributed by atoms with Gasteiger partial charge in [-0.15, -0.1) is 0 Å². The number of aromatic nitrogens is 3. The van der Waals surface area contributed by atoms with Gasteiger partial charge < -0.3 is 0 Å². The Balaban J connectivity index is 2.64. The number of pyridine rings is 1. The minimum absolute atomic E-state index is 0.0133. The third-order valence-electron chi connectivity index (χ3n) is 2.08. The van der Waals surface area contributed by atoms with Gasteiger partial charge in [0.25, 0.3) is 0 Å². The summed E-state index contributed by atoms with van der Waals surface area (Å²) in [5.41, 5.74) is 2.69. The van der Waals surface area contributed by atoms with Crippen LogP contribution < -0.4 is 0 Å². The number of hydrogen-bond acceptors (Lipinski definition) is 3. The van der Waals surface area contributed by atoms with E-state index in [9.17, 15) is 0 Å². The summed E-state index contributed by atoms with van der Waals surface area (Å²) >= 11 is 6.04. The Labute approximate surface area is 91.0 Å². The number of nitrogens with zero attached hydrogens (tertiary/aromatic N) is 3. The van der Waals surface area contributed by atoms with Crippen molar-refractivity contribution in [1.82, 2.24) is 12.9 Å². The molecule has 2 heterocycles. The van der Waals surface area contributed by atoms with Gasteiger partial charge in [0.1, 0.15) is 0 Å². The third kappa shape index (κ3) is 1.08. The number of rotatable bonds is 0. The van der Waals surface area contributed by atoms with Crippen molar-refractivity contribution >= 4 is 48.5 Å². The zero-order chi connectivity index (χ0) is 9.54. The average Bonchev–Trinajstić information content (AvgIpc) is 2.66. The van der Waals surface area contributed by atoms with E-state index in [0.717, 1.165) is 21.9 Å². The first-order valence-corrected chi connectivity index (χ1v) is 5.93. The standard InChI is InChI=1S/C9H4ClN3Se/c10-6-3-4-11-8-5(6)1-2-7-9(8)13-14-12-7/h1-4H. The van der Waals surface area contributed by atoms with Crippen LogP contribution >= 0.6 is 11.6 Å². The van der Waals surface area contributed by atoms with Crippen LogP contribution in [0, 0.1) is 0 Å². The first-order valence-electron chi connectivity index (χ1n) is 4.02. The van der Waals surface area contributed by atoms with E-state index in [2.05, 4.69) is 12.9 Å². The van der Waals surface area contributed by atoms with Gasteiger partial charge in [0.2, 0.25) is 0 Å². The first-order chi connectivity index (χ1) is 6.86. The molecule has 14 heavy (non-hydrogen) atoms. The number of hydrogen-bond donors (Lipinski definition) is 0. The van der Waals surface area contributed by atoms with Gasteiger partial charge in [0.05, 0.1) is 0 Å². The van der Waals surface area contributed by atoms with Crippen molar-refractivity contribution in [3.63, 3.8) is 0 Å². The van der Waals surface area contributed by atoms with Gasteiger partial charge in [0, 0.05) is 0 Å². The molecular weight excluding hydrogens is 265 g/mol. The van der Waals surface area contributed by atoms with Crippen LogP contribution in [0.5, 0.6) is 0 Å². The molecule has 0 aliphatic rings. The summed E-state index contributed by atoms with van der Waals surface area (Å²) in [4.78, 5) is 4.29. The van der Waals surface area contributed by atoms with Crippen molar-refractivity contribution in [3.05, 3.63) is 29.4 Å². The molecule has 0 saturated carbocycles. The van der Waals surface area contributed by atoms with Crippen molar-refractivity contribution in [1.29, 1.82) is 0 Å². The molecule has 0 aliphatic carbocycles. The second-order valence-electron chi connectivity index (χ2n) is 2.89. The second-order valence-corrected chi connectivity index (χ2v) is 4.40. The summed E-state index contributed by atoms with van der Waals surface area (Å²) in [6, 6.07) is 5.68. The SMILES string of the molecule is Clc1ccnc2c1ccc1n[se]nc12. The maximum atomic E-state index is 6.05. The molecule has 0 amide bonds. The van der Waals surface area contributed by atoms with Gasteiger partial charge in [0.15, 0.2) is 0 Å².